The molecule has 0 aliphatic heterocycles. The molecule has 2 heterocycles. The molecule has 0 amide bonds. The van der Waals surface area contributed by atoms with E-state index in [4.69, 9.17) is 16.3 Å². The van der Waals surface area contributed by atoms with Crippen LogP contribution in [0.4, 0.5) is 0 Å². The predicted molar refractivity (Wildman–Crippen MR) is 65.2 cm³/mol. The summed E-state index contributed by atoms with van der Waals surface area (Å²) < 4.78 is 7.09. The van der Waals surface area contributed by atoms with Gasteiger partial charge in [-0.1, -0.05) is 18.5 Å². The van der Waals surface area contributed by atoms with Crippen LogP contribution in [-0.4, -0.2) is 26.4 Å². The Morgan fingerprint density at radius 1 is 1.24 bits per heavy atom. The van der Waals surface area contributed by atoms with E-state index in [1.54, 1.807) is 4.52 Å². The average Bonchev–Trinajstić information content (AvgIpc) is 2.70. The predicted octanol–water partition coefficient (Wildman–Crippen LogP) is 2.32. The fourth-order valence-corrected chi connectivity index (χ4v) is 1.75. The number of halogens is 1. The summed E-state index contributed by atoms with van der Waals surface area (Å²) in [5.74, 6) is 0.679. The lowest BCUT2D eigenvalue weighted by Crippen LogP contribution is -2.04. The van der Waals surface area contributed by atoms with E-state index in [0.717, 1.165) is 23.2 Å². The molecule has 0 atom stereocenters. The van der Waals surface area contributed by atoms with Gasteiger partial charge in [-0.25, -0.2) is 0 Å². The van der Waals surface area contributed by atoms with E-state index in [0.29, 0.717) is 24.2 Å². The summed E-state index contributed by atoms with van der Waals surface area (Å²) in [4.78, 5) is 0. The van der Waals surface area contributed by atoms with Crippen molar-refractivity contribution in [2.45, 2.75) is 33.8 Å². The second kappa shape index (κ2) is 4.98. The van der Waals surface area contributed by atoms with Crippen LogP contribution in [0, 0.1) is 13.8 Å². The Labute approximate surface area is 105 Å². The number of ether oxygens (including phenoxy) is 1. The molecule has 0 radical (unpaired) electrons. The number of aromatic nitrogens is 4. The van der Waals surface area contributed by atoms with Gasteiger partial charge in [0.05, 0.1) is 0 Å². The maximum atomic E-state index is 6.05. The van der Waals surface area contributed by atoms with Crippen LogP contribution in [0.2, 0.25) is 5.15 Å². The topological polar surface area (TPSA) is 52.3 Å². The molecular formula is C11H15ClN4O. The van der Waals surface area contributed by atoms with Crippen molar-refractivity contribution >= 4 is 17.2 Å². The van der Waals surface area contributed by atoms with Crippen molar-refractivity contribution in [1.82, 2.24) is 19.8 Å². The molecule has 2 aromatic rings. The monoisotopic (exact) mass is 254 g/mol. The van der Waals surface area contributed by atoms with Gasteiger partial charge in [0.1, 0.15) is 6.61 Å². The molecule has 2 rings (SSSR count). The maximum absolute atomic E-state index is 6.05. The summed E-state index contributed by atoms with van der Waals surface area (Å²) in [6.45, 7) is 7.05. The minimum absolute atomic E-state index is 0.404. The van der Waals surface area contributed by atoms with Gasteiger partial charge < -0.3 is 4.74 Å². The average molecular weight is 255 g/mol. The smallest absolute Gasteiger partial charge is 0.181 e. The third-order valence-corrected chi connectivity index (χ3v) is 3.04. The summed E-state index contributed by atoms with van der Waals surface area (Å²) in [6, 6.07) is 0. The first-order chi connectivity index (χ1) is 8.15. The van der Waals surface area contributed by atoms with Crippen molar-refractivity contribution in [2.75, 3.05) is 6.61 Å². The van der Waals surface area contributed by atoms with Crippen molar-refractivity contribution in [1.29, 1.82) is 0 Å². The third kappa shape index (κ3) is 2.25. The van der Waals surface area contributed by atoms with Crippen LogP contribution >= 0.6 is 11.6 Å². The molecular weight excluding hydrogens is 240 g/mol. The second-order valence-electron chi connectivity index (χ2n) is 3.95. The molecule has 0 saturated carbocycles. The van der Waals surface area contributed by atoms with Crippen LogP contribution in [0.25, 0.3) is 5.65 Å². The molecule has 0 spiro atoms. The molecule has 17 heavy (non-hydrogen) atoms. The first kappa shape index (κ1) is 12.3. The molecule has 0 aliphatic carbocycles. The minimum atomic E-state index is 0.404. The van der Waals surface area contributed by atoms with Crippen molar-refractivity contribution in [2.24, 2.45) is 0 Å². The Kier molecular flexibility index (Phi) is 3.59. The SMILES string of the molecule is CCCOCc1nnc2c(C)c(C)c(Cl)nn12. The highest BCUT2D eigenvalue weighted by molar-refractivity contribution is 6.30. The van der Waals surface area contributed by atoms with Crippen molar-refractivity contribution < 1.29 is 4.74 Å². The standard InChI is InChI=1S/C11H15ClN4O/c1-4-5-17-6-9-13-14-11-8(3)7(2)10(12)15-16(9)11/h4-6H2,1-3H3. The van der Waals surface area contributed by atoms with Crippen LogP contribution in [0.15, 0.2) is 0 Å². The fourth-order valence-electron chi connectivity index (χ4n) is 1.53. The maximum Gasteiger partial charge on any atom is 0.181 e. The summed E-state index contributed by atoms with van der Waals surface area (Å²) in [6.07, 6.45) is 0.975. The molecule has 0 N–H and O–H groups in total. The normalized spacial score (nSPS) is 11.3. The molecule has 92 valence electrons. The van der Waals surface area contributed by atoms with Gasteiger partial charge in [-0.3, -0.25) is 0 Å². The Balaban J connectivity index is 2.39. The number of hydrogen-bond donors (Lipinski definition) is 0. The Bertz CT molecular complexity index is 538. The van der Waals surface area contributed by atoms with Crippen molar-refractivity contribution in [3.8, 4) is 0 Å². The molecule has 5 nitrogen and oxygen atoms in total. The van der Waals surface area contributed by atoms with E-state index in [1.807, 2.05) is 13.8 Å². The molecule has 0 aromatic carbocycles. The highest BCUT2D eigenvalue weighted by Crippen LogP contribution is 2.19. The Morgan fingerprint density at radius 2 is 2.00 bits per heavy atom. The Morgan fingerprint density at radius 3 is 2.71 bits per heavy atom. The molecule has 0 unspecified atom stereocenters. The Hall–Kier alpha value is -1.20. The molecule has 0 fully saturated rings. The molecule has 2 aromatic heterocycles. The zero-order valence-electron chi connectivity index (χ0n) is 10.2. The molecule has 6 heteroatoms. The summed E-state index contributed by atoms with van der Waals surface area (Å²) in [5, 5.41) is 12.9. The lowest BCUT2D eigenvalue weighted by atomic mass is 10.2. The highest BCUT2D eigenvalue weighted by atomic mass is 35.5. The lowest BCUT2D eigenvalue weighted by molar-refractivity contribution is 0.114. The number of aryl methyl sites for hydroxylation is 1. The number of rotatable bonds is 4. The van der Waals surface area contributed by atoms with E-state index in [9.17, 15) is 0 Å². The minimum Gasteiger partial charge on any atom is -0.373 e. The lowest BCUT2D eigenvalue weighted by Gasteiger charge is -2.05. The first-order valence-electron chi connectivity index (χ1n) is 5.60. The largest absolute Gasteiger partial charge is 0.373 e. The summed E-state index contributed by atoms with van der Waals surface area (Å²) in [7, 11) is 0. The zero-order chi connectivity index (χ0) is 12.4. The van der Waals surface area contributed by atoms with Gasteiger partial charge in [0.2, 0.25) is 0 Å². The van der Waals surface area contributed by atoms with Crippen LogP contribution in [0.3, 0.4) is 0 Å². The van der Waals surface area contributed by atoms with Gasteiger partial charge in [-0.15, -0.1) is 10.2 Å². The van der Waals surface area contributed by atoms with E-state index in [1.165, 1.54) is 0 Å². The second-order valence-corrected chi connectivity index (χ2v) is 4.30. The van der Waals surface area contributed by atoms with Crippen LogP contribution in [0.5, 0.6) is 0 Å². The van der Waals surface area contributed by atoms with Gasteiger partial charge in [0, 0.05) is 12.2 Å². The van der Waals surface area contributed by atoms with Crippen LogP contribution in [-0.2, 0) is 11.3 Å². The van der Waals surface area contributed by atoms with E-state index in [2.05, 4.69) is 22.2 Å². The zero-order valence-corrected chi connectivity index (χ0v) is 11.0. The van der Waals surface area contributed by atoms with Gasteiger partial charge in [-0.2, -0.15) is 9.61 Å². The van der Waals surface area contributed by atoms with Crippen molar-refractivity contribution in [3.05, 3.63) is 22.1 Å². The number of fused-ring (bicyclic) bond motifs is 1. The summed E-state index contributed by atoms with van der Waals surface area (Å²) >= 11 is 6.05. The highest BCUT2D eigenvalue weighted by Gasteiger charge is 2.13. The van der Waals surface area contributed by atoms with Gasteiger partial charge in [0.15, 0.2) is 16.6 Å². The fraction of sp³-hybridized carbons (Fsp3) is 0.545. The van der Waals surface area contributed by atoms with E-state index < -0.39 is 0 Å². The van der Waals surface area contributed by atoms with Gasteiger partial charge in [-0.05, 0) is 25.8 Å². The molecule has 0 saturated heterocycles. The number of hydrogen-bond acceptors (Lipinski definition) is 4. The van der Waals surface area contributed by atoms with Crippen LogP contribution < -0.4 is 0 Å². The molecule has 0 aliphatic rings. The van der Waals surface area contributed by atoms with Gasteiger partial charge in [0.25, 0.3) is 0 Å². The van der Waals surface area contributed by atoms with Crippen molar-refractivity contribution in [3.63, 3.8) is 0 Å². The molecule has 0 bridgehead atoms. The van der Waals surface area contributed by atoms with E-state index >= 15 is 0 Å². The first-order valence-corrected chi connectivity index (χ1v) is 5.97. The van der Waals surface area contributed by atoms with E-state index in [-0.39, 0.29) is 0 Å². The third-order valence-electron chi connectivity index (χ3n) is 2.68. The quantitative estimate of drug-likeness (QED) is 0.786. The van der Waals surface area contributed by atoms with Crippen LogP contribution in [0.1, 0.15) is 30.3 Å². The number of nitrogens with zero attached hydrogens (tertiary/aromatic N) is 4. The van der Waals surface area contributed by atoms with Gasteiger partial charge >= 0.3 is 0 Å². The summed E-state index contributed by atoms with van der Waals surface area (Å²) in [5.41, 5.74) is 2.67.